The smallest absolute Gasteiger partial charge is 0.410 e. The van der Waals surface area contributed by atoms with E-state index in [0.29, 0.717) is 19.4 Å². The van der Waals surface area contributed by atoms with Crippen LogP contribution in [-0.4, -0.2) is 39.8 Å². The van der Waals surface area contributed by atoms with E-state index >= 15 is 0 Å². The van der Waals surface area contributed by atoms with Crippen LogP contribution in [-0.2, 0) is 10.3 Å². The maximum absolute atomic E-state index is 13.4. The van der Waals surface area contributed by atoms with Crippen molar-refractivity contribution in [2.45, 2.75) is 62.6 Å². The van der Waals surface area contributed by atoms with Crippen LogP contribution in [0.2, 0.25) is 0 Å². The molecule has 5 nitrogen and oxygen atoms in total. The van der Waals surface area contributed by atoms with Crippen LogP contribution in [0.3, 0.4) is 0 Å². The first kappa shape index (κ1) is 21.4. The summed E-state index contributed by atoms with van der Waals surface area (Å²) in [5.74, 6) is 0.0534. The third-order valence-electron chi connectivity index (χ3n) is 7.99. The molecule has 0 radical (unpaired) electrons. The Bertz CT molecular complexity index is 1180. The number of ether oxygens (including phenoxy) is 1. The Kier molecular flexibility index (Phi) is 5.18. The lowest BCUT2D eigenvalue weighted by molar-refractivity contribution is -0.0891. The second kappa shape index (κ2) is 8.24. The fraction of sp³-hybridized carbons (Fsp3) is 0.379. The number of carbonyl (C=O) groups is 1. The maximum atomic E-state index is 13.4. The van der Waals surface area contributed by atoms with Crippen molar-refractivity contribution in [3.8, 4) is 11.1 Å². The van der Waals surface area contributed by atoms with Crippen molar-refractivity contribution < 1.29 is 14.6 Å². The minimum absolute atomic E-state index is 0.0124. The molecule has 6 rings (SSSR count). The number of nitrogens with zero attached hydrogens (tertiary/aromatic N) is 2. The third kappa shape index (κ3) is 3.50. The van der Waals surface area contributed by atoms with E-state index in [1.807, 2.05) is 24.0 Å². The minimum Gasteiger partial charge on any atom is -0.448 e. The molecule has 1 amide bonds. The van der Waals surface area contributed by atoms with Gasteiger partial charge in [0.15, 0.2) is 0 Å². The van der Waals surface area contributed by atoms with Gasteiger partial charge in [-0.15, -0.1) is 0 Å². The molecule has 2 bridgehead atoms. The molecule has 2 atom stereocenters. The van der Waals surface area contributed by atoms with Crippen molar-refractivity contribution in [3.63, 3.8) is 0 Å². The van der Waals surface area contributed by atoms with Crippen molar-refractivity contribution in [1.82, 2.24) is 9.88 Å². The Morgan fingerprint density at radius 2 is 1.65 bits per heavy atom. The van der Waals surface area contributed by atoms with Gasteiger partial charge in [0.25, 0.3) is 0 Å². The molecule has 2 unspecified atom stereocenters. The van der Waals surface area contributed by atoms with Crippen molar-refractivity contribution in [3.05, 3.63) is 89.2 Å². The number of fused-ring (bicyclic) bond motifs is 5. The van der Waals surface area contributed by atoms with E-state index in [1.54, 1.807) is 6.20 Å². The quantitative estimate of drug-likeness (QED) is 0.564. The summed E-state index contributed by atoms with van der Waals surface area (Å²) in [4.78, 5) is 19.6. The first-order valence-electron chi connectivity index (χ1n) is 12.3. The molecule has 0 spiro atoms. The zero-order chi connectivity index (χ0) is 23.3. The van der Waals surface area contributed by atoms with E-state index in [1.165, 1.54) is 22.3 Å². The highest BCUT2D eigenvalue weighted by Crippen LogP contribution is 2.46. The molecule has 2 aliphatic heterocycles. The molecule has 3 aliphatic rings. The topological polar surface area (TPSA) is 62.7 Å². The molecular weight excluding hydrogens is 424 g/mol. The third-order valence-corrected chi connectivity index (χ3v) is 7.99. The number of aromatic nitrogens is 1. The SMILES string of the molecule is Cc1cc(C2(O)CC3CCCC(C2)N3C(=O)OCC2c3ccccc3-c3ccccc32)ccn1. The Morgan fingerprint density at radius 3 is 2.26 bits per heavy atom. The molecule has 2 fully saturated rings. The van der Waals surface area contributed by atoms with Gasteiger partial charge in [-0.2, -0.15) is 0 Å². The number of hydrogen-bond donors (Lipinski definition) is 1. The summed E-state index contributed by atoms with van der Waals surface area (Å²) < 4.78 is 6.00. The number of amides is 1. The van der Waals surface area contributed by atoms with Gasteiger partial charge in [-0.25, -0.2) is 4.79 Å². The summed E-state index contributed by atoms with van der Waals surface area (Å²) in [5.41, 5.74) is 5.77. The van der Waals surface area contributed by atoms with Crippen LogP contribution in [0.4, 0.5) is 4.79 Å². The Hall–Kier alpha value is -3.18. The molecule has 1 N–H and O–H groups in total. The molecule has 34 heavy (non-hydrogen) atoms. The summed E-state index contributed by atoms with van der Waals surface area (Å²) in [7, 11) is 0. The lowest BCUT2D eigenvalue weighted by Gasteiger charge is -2.51. The number of aryl methyl sites for hydroxylation is 1. The van der Waals surface area contributed by atoms with E-state index in [0.717, 1.165) is 30.5 Å². The monoisotopic (exact) mass is 454 g/mol. The molecular formula is C29H30N2O3. The number of aliphatic hydroxyl groups is 1. The molecule has 174 valence electrons. The molecule has 2 aromatic carbocycles. The van der Waals surface area contributed by atoms with Crippen molar-refractivity contribution in [2.75, 3.05) is 6.61 Å². The highest BCUT2D eigenvalue weighted by atomic mass is 16.6. The van der Waals surface area contributed by atoms with Crippen LogP contribution in [0.15, 0.2) is 66.9 Å². The molecule has 3 aromatic rings. The summed E-state index contributed by atoms with van der Waals surface area (Å²) in [5, 5.41) is 11.6. The number of piperidine rings is 2. The van der Waals surface area contributed by atoms with Crippen molar-refractivity contribution in [2.24, 2.45) is 0 Å². The van der Waals surface area contributed by atoms with Gasteiger partial charge in [0.05, 0.1) is 5.60 Å². The van der Waals surface area contributed by atoms with Crippen LogP contribution in [0.1, 0.15) is 60.4 Å². The number of hydrogen-bond acceptors (Lipinski definition) is 4. The van der Waals surface area contributed by atoms with Crippen molar-refractivity contribution >= 4 is 6.09 Å². The summed E-state index contributed by atoms with van der Waals surface area (Å²) in [6, 6.07) is 20.6. The highest BCUT2D eigenvalue weighted by molar-refractivity contribution is 5.79. The van der Waals surface area contributed by atoms with E-state index in [9.17, 15) is 9.90 Å². The first-order valence-corrected chi connectivity index (χ1v) is 12.3. The average Bonchev–Trinajstić information content (AvgIpc) is 3.16. The van der Waals surface area contributed by atoms with Gasteiger partial charge < -0.3 is 14.7 Å². The summed E-state index contributed by atoms with van der Waals surface area (Å²) >= 11 is 0. The predicted octanol–water partition coefficient (Wildman–Crippen LogP) is 5.54. The number of benzene rings is 2. The lowest BCUT2D eigenvalue weighted by Crippen LogP contribution is -2.59. The van der Waals surface area contributed by atoms with Gasteiger partial charge in [-0.1, -0.05) is 48.5 Å². The largest absolute Gasteiger partial charge is 0.448 e. The zero-order valence-electron chi connectivity index (χ0n) is 19.5. The first-order chi connectivity index (χ1) is 16.5. The van der Waals surface area contributed by atoms with Crippen LogP contribution < -0.4 is 0 Å². The normalized spacial score (nSPS) is 25.5. The molecule has 0 saturated carbocycles. The molecule has 1 aromatic heterocycles. The molecule has 5 heteroatoms. The maximum Gasteiger partial charge on any atom is 0.410 e. The van der Waals surface area contributed by atoms with Gasteiger partial charge in [0.1, 0.15) is 6.61 Å². The molecule has 2 saturated heterocycles. The van der Waals surface area contributed by atoms with Gasteiger partial charge in [-0.3, -0.25) is 4.98 Å². The predicted molar refractivity (Wildman–Crippen MR) is 130 cm³/mol. The van der Waals surface area contributed by atoms with E-state index < -0.39 is 5.60 Å². The average molecular weight is 455 g/mol. The van der Waals surface area contributed by atoms with Crippen molar-refractivity contribution in [1.29, 1.82) is 0 Å². The second-order valence-corrected chi connectivity index (χ2v) is 10.1. The number of rotatable bonds is 3. The minimum atomic E-state index is -0.927. The molecule has 3 heterocycles. The second-order valence-electron chi connectivity index (χ2n) is 10.1. The molecule has 1 aliphatic carbocycles. The van der Waals surface area contributed by atoms with E-state index in [4.69, 9.17) is 4.74 Å². The lowest BCUT2D eigenvalue weighted by atomic mass is 9.73. The van der Waals surface area contributed by atoms with Crippen LogP contribution in [0.25, 0.3) is 11.1 Å². The van der Waals surface area contributed by atoms with Crippen LogP contribution in [0.5, 0.6) is 0 Å². The van der Waals surface area contributed by atoms with E-state index in [-0.39, 0.29) is 24.1 Å². The Labute approximate surface area is 200 Å². The summed E-state index contributed by atoms with van der Waals surface area (Å²) in [6.45, 7) is 2.27. The van der Waals surface area contributed by atoms with Crippen LogP contribution in [0, 0.1) is 6.92 Å². The van der Waals surface area contributed by atoms with Gasteiger partial charge in [-0.05, 0) is 66.1 Å². The number of pyridine rings is 1. The summed E-state index contributed by atoms with van der Waals surface area (Å²) in [6.07, 6.45) is 5.46. The zero-order valence-corrected chi connectivity index (χ0v) is 19.5. The Balaban J connectivity index is 1.21. The highest BCUT2D eigenvalue weighted by Gasteiger charge is 2.49. The van der Waals surface area contributed by atoms with Crippen LogP contribution >= 0.6 is 0 Å². The fourth-order valence-electron chi connectivity index (χ4n) is 6.47. The number of carbonyl (C=O) groups excluding carboxylic acids is 1. The van der Waals surface area contributed by atoms with Gasteiger partial charge >= 0.3 is 6.09 Å². The fourth-order valence-corrected chi connectivity index (χ4v) is 6.47. The van der Waals surface area contributed by atoms with Gasteiger partial charge in [0.2, 0.25) is 0 Å². The van der Waals surface area contributed by atoms with E-state index in [2.05, 4.69) is 53.5 Å². The standard InChI is InChI=1S/C29H30N2O3/c1-19-15-20(13-14-30-19)29(33)16-21-7-6-8-22(17-29)31(21)28(32)34-18-27-25-11-4-2-9-23(25)24-10-3-5-12-26(24)27/h2-5,9-15,21-22,27,33H,6-8,16-18H2,1H3. The Morgan fingerprint density at radius 1 is 1.03 bits per heavy atom. The van der Waals surface area contributed by atoms with Gasteiger partial charge in [0, 0.05) is 42.7 Å².